The number of carboxylic acids is 1. The Morgan fingerprint density at radius 1 is 1.20 bits per heavy atom. The summed E-state index contributed by atoms with van der Waals surface area (Å²) in [6.45, 7) is 10.5. The van der Waals surface area contributed by atoms with Crippen molar-refractivity contribution in [3.05, 3.63) is 52.8 Å². The van der Waals surface area contributed by atoms with Gasteiger partial charge in [-0.2, -0.15) is 0 Å². The minimum absolute atomic E-state index is 0.0235. The molecule has 0 aromatic heterocycles. The maximum absolute atomic E-state index is 14.3. The molecule has 4 rings (SSSR count). The normalized spacial score (nSPS) is 21.3. The first kappa shape index (κ1) is 25.6. The van der Waals surface area contributed by atoms with Gasteiger partial charge in [0.05, 0.1) is 9.79 Å². The SMILES string of the molecule is CCN(CC)CC(C)(C)Cc1cc(F)ccc1S(=O)(=O)c1ccc2c(c1C(=O)O)OC(N)[C@@H]1C[C@H]21. The van der Waals surface area contributed by atoms with Crippen molar-refractivity contribution in [3.8, 4) is 5.75 Å². The number of ether oxygens (including phenoxy) is 1. The highest BCUT2D eigenvalue weighted by atomic mass is 32.2. The molecule has 1 heterocycles. The molecule has 1 saturated carbocycles. The van der Waals surface area contributed by atoms with E-state index in [1.165, 1.54) is 18.2 Å². The molecule has 3 N–H and O–H groups in total. The first-order valence-electron chi connectivity index (χ1n) is 12.0. The van der Waals surface area contributed by atoms with Crippen LogP contribution in [0.1, 0.15) is 61.5 Å². The van der Waals surface area contributed by atoms with Gasteiger partial charge in [0.2, 0.25) is 9.84 Å². The standard InChI is InChI=1S/C26H33FN2O5S/c1-5-29(6-2)14-26(3,4)13-15-11-16(27)7-9-20(15)35(32,33)21-10-8-17-18-12-19(18)24(28)34-23(17)22(21)25(30)31/h7-11,18-19,24H,5-6,12-14,28H2,1-4H3,(H,30,31)/t18-,19-,24?/m1/s1. The summed E-state index contributed by atoms with van der Waals surface area (Å²) in [7, 11) is -4.31. The van der Waals surface area contributed by atoms with Crippen LogP contribution in [0, 0.1) is 17.2 Å². The van der Waals surface area contributed by atoms with Crippen molar-refractivity contribution in [2.75, 3.05) is 19.6 Å². The first-order chi connectivity index (χ1) is 16.4. The second-order valence-electron chi connectivity index (χ2n) is 10.3. The monoisotopic (exact) mass is 504 g/mol. The lowest BCUT2D eigenvalue weighted by molar-refractivity contribution is 0.0680. The van der Waals surface area contributed by atoms with E-state index in [4.69, 9.17) is 10.5 Å². The second-order valence-corrected chi connectivity index (χ2v) is 12.2. The van der Waals surface area contributed by atoms with Crippen LogP contribution < -0.4 is 10.5 Å². The number of fused-ring (bicyclic) bond motifs is 3. The van der Waals surface area contributed by atoms with Crippen molar-refractivity contribution < 1.29 is 27.4 Å². The van der Waals surface area contributed by atoms with E-state index in [2.05, 4.69) is 18.7 Å². The highest BCUT2D eigenvalue weighted by Crippen LogP contribution is 2.57. The Bertz CT molecular complexity index is 1260. The van der Waals surface area contributed by atoms with E-state index >= 15 is 0 Å². The third-order valence-electron chi connectivity index (χ3n) is 7.10. The Morgan fingerprint density at radius 3 is 2.49 bits per heavy atom. The smallest absolute Gasteiger partial charge is 0.340 e. The van der Waals surface area contributed by atoms with Gasteiger partial charge in [-0.15, -0.1) is 0 Å². The Morgan fingerprint density at radius 2 is 1.86 bits per heavy atom. The number of nitrogens with two attached hydrogens (primary N) is 1. The van der Waals surface area contributed by atoms with Gasteiger partial charge in [0.15, 0.2) is 6.23 Å². The molecule has 0 amide bonds. The number of hydrogen-bond donors (Lipinski definition) is 2. The maximum atomic E-state index is 14.3. The summed E-state index contributed by atoms with van der Waals surface area (Å²) in [5.41, 5.74) is 6.26. The van der Waals surface area contributed by atoms with E-state index in [1.807, 2.05) is 13.8 Å². The van der Waals surface area contributed by atoms with Crippen LogP contribution in [0.2, 0.25) is 0 Å². The van der Waals surface area contributed by atoms with Crippen LogP contribution in [-0.4, -0.2) is 50.3 Å². The van der Waals surface area contributed by atoms with Gasteiger partial charge in [0, 0.05) is 12.5 Å². The van der Waals surface area contributed by atoms with Gasteiger partial charge >= 0.3 is 5.97 Å². The van der Waals surface area contributed by atoms with Gasteiger partial charge in [0.1, 0.15) is 17.1 Å². The zero-order chi connectivity index (χ0) is 25.7. The molecule has 1 unspecified atom stereocenters. The third kappa shape index (κ3) is 4.81. The van der Waals surface area contributed by atoms with Gasteiger partial charge in [-0.3, -0.25) is 5.73 Å². The predicted octanol–water partition coefficient (Wildman–Crippen LogP) is 4.05. The highest BCUT2D eigenvalue weighted by Gasteiger charge is 2.50. The molecule has 35 heavy (non-hydrogen) atoms. The van der Waals surface area contributed by atoms with Crippen LogP contribution in [0.25, 0.3) is 0 Å². The van der Waals surface area contributed by atoms with Crippen molar-refractivity contribution >= 4 is 15.8 Å². The summed E-state index contributed by atoms with van der Waals surface area (Å²) in [6.07, 6.45) is 0.406. The second kappa shape index (κ2) is 9.19. The van der Waals surface area contributed by atoms with Gasteiger partial charge < -0.3 is 14.7 Å². The fraction of sp³-hybridized carbons (Fsp3) is 0.500. The van der Waals surface area contributed by atoms with E-state index < -0.39 is 33.4 Å². The van der Waals surface area contributed by atoms with E-state index in [-0.39, 0.29) is 32.8 Å². The molecular formula is C26H33FN2O5S. The number of halogens is 1. The van der Waals surface area contributed by atoms with E-state index in [9.17, 15) is 22.7 Å². The topological polar surface area (TPSA) is 110 Å². The lowest BCUT2D eigenvalue weighted by atomic mass is 9.85. The fourth-order valence-corrected chi connectivity index (χ4v) is 6.93. The molecule has 0 radical (unpaired) electrons. The number of rotatable bonds is 9. The Balaban J connectivity index is 1.80. The highest BCUT2D eigenvalue weighted by molar-refractivity contribution is 7.91. The van der Waals surface area contributed by atoms with Crippen LogP contribution in [0.3, 0.4) is 0 Å². The summed E-state index contributed by atoms with van der Waals surface area (Å²) in [5, 5.41) is 10.0. The Kier molecular flexibility index (Phi) is 6.72. The summed E-state index contributed by atoms with van der Waals surface area (Å²) >= 11 is 0. The molecule has 7 nitrogen and oxygen atoms in total. The van der Waals surface area contributed by atoms with Gasteiger partial charge in [-0.1, -0.05) is 33.8 Å². The number of sulfone groups is 1. The number of aromatic carboxylic acids is 1. The number of nitrogens with zero attached hydrogens (tertiary/aromatic N) is 1. The minimum atomic E-state index is -4.31. The fourth-order valence-electron chi connectivity index (χ4n) is 5.28. The molecule has 9 heteroatoms. The van der Waals surface area contributed by atoms with Gasteiger partial charge in [-0.05, 0) is 72.7 Å². The molecule has 3 atom stereocenters. The first-order valence-corrected chi connectivity index (χ1v) is 13.5. The Labute approximate surface area is 206 Å². The Hall–Kier alpha value is -2.49. The molecule has 2 aromatic carbocycles. The van der Waals surface area contributed by atoms with Crippen molar-refractivity contribution in [2.45, 2.75) is 62.5 Å². The van der Waals surface area contributed by atoms with Crippen LogP contribution >= 0.6 is 0 Å². The zero-order valence-electron chi connectivity index (χ0n) is 20.5. The van der Waals surface area contributed by atoms with Crippen LogP contribution in [0.15, 0.2) is 40.1 Å². The third-order valence-corrected chi connectivity index (χ3v) is 8.99. The maximum Gasteiger partial charge on any atom is 0.340 e. The molecule has 1 aliphatic heterocycles. The van der Waals surface area contributed by atoms with Crippen LogP contribution in [-0.2, 0) is 16.3 Å². The summed E-state index contributed by atoms with van der Waals surface area (Å²) in [4.78, 5) is 14.1. The summed E-state index contributed by atoms with van der Waals surface area (Å²) in [5.74, 6) is -1.74. The molecule has 190 valence electrons. The summed E-state index contributed by atoms with van der Waals surface area (Å²) in [6, 6.07) is 6.51. The van der Waals surface area contributed by atoms with Crippen molar-refractivity contribution in [1.82, 2.24) is 4.90 Å². The van der Waals surface area contributed by atoms with E-state index in [1.54, 1.807) is 6.07 Å². The molecule has 1 aliphatic carbocycles. The van der Waals surface area contributed by atoms with Crippen molar-refractivity contribution in [1.29, 1.82) is 0 Å². The van der Waals surface area contributed by atoms with Crippen LogP contribution in [0.5, 0.6) is 5.75 Å². The largest absolute Gasteiger partial charge is 0.478 e. The van der Waals surface area contributed by atoms with Gasteiger partial charge in [-0.25, -0.2) is 17.6 Å². The van der Waals surface area contributed by atoms with Crippen LogP contribution in [0.4, 0.5) is 4.39 Å². The number of carboxylic acid groups (broad SMARTS) is 1. The predicted molar refractivity (Wildman–Crippen MR) is 130 cm³/mol. The average Bonchev–Trinajstić information content (AvgIpc) is 3.58. The molecule has 2 aliphatic rings. The summed E-state index contributed by atoms with van der Waals surface area (Å²) < 4.78 is 47.8. The molecule has 0 bridgehead atoms. The molecule has 0 saturated heterocycles. The van der Waals surface area contributed by atoms with E-state index in [0.29, 0.717) is 24.1 Å². The van der Waals surface area contributed by atoms with Crippen molar-refractivity contribution in [2.24, 2.45) is 17.1 Å². The molecule has 1 fully saturated rings. The zero-order valence-corrected chi connectivity index (χ0v) is 21.4. The average molecular weight is 505 g/mol. The van der Waals surface area contributed by atoms with E-state index in [0.717, 1.165) is 25.6 Å². The number of benzene rings is 2. The lowest BCUT2D eigenvalue weighted by Crippen LogP contribution is -2.35. The molecule has 0 spiro atoms. The number of carbonyl (C=O) groups is 1. The number of hydrogen-bond acceptors (Lipinski definition) is 6. The van der Waals surface area contributed by atoms with Gasteiger partial charge in [0.25, 0.3) is 0 Å². The quantitative estimate of drug-likeness (QED) is 0.496. The molecular weight excluding hydrogens is 471 g/mol. The van der Waals surface area contributed by atoms with Crippen molar-refractivity contribution in [3.63, 3.8) is 0 Å². The minimum Gasteiger partial charge on any atom is -0.478 e. The lowest BCUT2D eigenvalue weighted by Gasteiger charge is -2.32. The molecule has 2 aromatic rings.